The summed E-state index contributed by atoms with van der Waals surface area (Å²) in [5.41, 5.74) is 0.409. The van der Waals surface area contributed by atoms with Crippen LogP contribution in [0.25, 0.3) is 0 Å². The van der Waals surface area contributed by atoms with E-state index in [4.69, 9.17) is 5.11 Å². The Morgan fingerprint density at radius 3 is 2.25 bits per heavy atom. The number of amides is 1. The van der Waals surface area contributed by atoms with Crippen molar-refractivity contribution in [2.75, 3.05) is 0 Å². The summed E-state index contributed by atoms with van der Waals surface area (Å²) in [5.74, 6) is -3.23. The molecule has 1 aromatic carbocycles. The lowest BCUT2D eigenvalue weighted by molar-refractivity contribution is -0.174. The van der Waals surface area contributed by atoms with Crippen LogP contribution < -0.4 is 5.32 Å². The SMILES string of the molecule is O=C(O)CCC(NC(=O)C(F)(F)F)c1ccc(Br)cc1. The maximum Gasteiger partial charge on any atom is 0.471 e. The molecule has 0 saturated carbocycles. The fourth-order valence-corrected chi connectivity index (χ4v) is 1.79. The van der Waals surface area contributed by atoms with Gasteiger partial charge in [0, 0.05) is 10.9 Å². The maximum absolute atomic E-state index is 12.3. The minimum absolute atomic E-state index is 0.126. The van der Waals surface area contributed by atoms with Gasteiger partial charge in [0.1, 0.15) is 0 Å². The van der Waals surface area contributed by atoms with E-state index in [-0.39, 0.29) is 12.8 Å². The molecule has 1 aromatic rings. The van der Waals surface area contributed by atoms with E-state index in [0.717, 1.165) is 4.47 Å². The van der Waals surface area contributed by atoms with Crippen molar-refractivity contribution < 1.29 is 27.9 Å². The smallest absolute Gasteiger partial charge is 0.471 e. The molecule has 110 valence electrons. The van der Waals surface area contributed by atoms with Gasteiger partial charge in [-0.05, 0) is 24.1 Å². The molecule has 0 spiro atoms. The summed E-state index contributed by atoms with van der Waals surface area (Å²) >= 11 is 3.18. The third-order valence-corrected chi connectivity index (χ3v) is 3.01. The first-order chi connectivity index (χ1) is 9.20. The van der Waals surface area contributed by atoms with Crippen LogP contribution in [0, 0.1) is 0 Å². The fourth-order valence-electron chi connectivity index (χ4n) is 1.53. The Hall–Kier alpha value is -1.57. The summed E-state index contributed by atoms with van der Waals surface area (Å²) in [6, 6.07) is 5.24. The standard InChI is InChI=1S/C12H11BrF3NO3/c13-8-3-1-7(2-4-8)9(5-6-10(18)19)17-11(20)12(14,15)16/h1-4,9H,5-6H2,(H,17,20)(H,18,19). The van der Waals surface area contributed by atoms with Crippen LogP contribution in [-0.2, 0) is 9.59 Å². The number of aliphatic carboxylic acids is 1. The molecule has 1 amide bonds. The highest BCUT2D eigenvalue weighted by atomic mass is 79.9. The zero-order chi connectivity index (χ0) is 15.3. The molecular weight excluding hydrogens is 343 g/mol. The van der Waals surface area contributed by atoms with Crippen molar-refractivity contribution in [2.24, 2.45) is 0 Å². The van der Waals surface area contributed by atoms with Gasteiger partial charge in [-0.25, -0.2) is 0 Å². The Balaban J connectivity index is 2.87. The molecule has 0 aliphatic rings. The molecule has 2 N–H and O–H groups in total. The largest absolute Gasteiger partial charge is 0.481 e. The molecule has 8 heteroatoms. The molecule has 1 unspecified atom stereocenters. The molecule has 0 saturated heterocycles. The van der Waals surface area contributed by atoms with Crippen molar-refractivity contribution in [2.45, 2.75) is 25.1 Å². The summed E-state index contributed by atoms with van der Waals surface area (Å²) in [5, 5.41) is 10.4. The summed E-state index contributed by atoms with van der Waals surface area (Å²) in [6.45, 7) is 0. The first-order valence-electron chi connectivity index (χ1n) is 5.55. The van der Waals surface area contributed by atoms with Gasteiger partial charge in [0.05, 0.1) is 6.04 Å². The monoisotopic (exact) mass is 353 g/mol. The molecular formula is C12H11BrF3NO3. The second-order valence-electron chi connectivity index (χ2n) is 4.01. The van der Waals surface area contributed by atoms with E-state index in [1.807, 2.05) is 0 Å². The molecule has 1 rings (SSSR count). The Bertz CT molecular complexity index is 488. The Morgan fingerprint density at radius 2 is 1.80 bits per heavy atom. The van der Waals surface area contributed by atoms with Crippen molar-refractivity contribution >= 4 is 27.8 Å². The zero-order valence-corrected chi connectivity index (χ0v) is 11.7. The molecule has 0 fully saturated rings. The summed E-state index contributed by atoms with van der Waals surface area (Å²) in [6.07, 6.45) is -5.48. The van der Waals surface area contributed by atoms with Crippen molar-refractivity contribution in [1.82, 2.24) is 5.32 Å². The zero-order valence-electron chi connectivity index (χ0n) is 10.1. The highest BCUT2D eigenvalue weighted by Crippen LogP contribution is 2.23. The van der Waals surface area contributed by atoms with Crippen molar-refractivity contribution in [3.8, 4) is 0 Å². The minimum atomic E-state index is -5.00. The van der Waals surface area contributed by atoms with E-state index in [1.165, 1.54) is 12.1 Å². The third-order valence-electron chi connectivity index (χ3n) is 2.48. The van der Waals surface area contributed by atoms with Gasteiger partial charge in [-0.15, -0.1) is 0 Å². The Morgan fingerprint density at radius 1 is 1.25 bits per heavy atom. The number of benzene rings is 1. The number of nitrogens with one attached hydrogen (secondary N) is 1. The molecule has 0 bridgehead atoms. The average molecular weight is 354 g/mol. The second-order valence-corrected chi connectivity index (χ2v) is 4.92. The predicted octanol–water partition coefficient (Wildman–Crippen LogP) is 3.03. The Labute approximate surface area is 121 Å². The first kappa shape index (κ1) is 16.5. The van der Waals surface area contributed by atoms with E-state index in [0.29, 0.717) is 5.56 Å². The number of rotatable bonds is 5. The number of hydrogen-bond acceptors (Lipinski definition) is 2. The molecule has 0 aromatic heterocycles. The van der Waals surface area contributed by atoms with Gasteiger partial charge in [0.15, 0.2) is 0 Å². The molecule has 0 radical (unpaired) electrons. The first-order valence-corrected chi connectivity index (χ1v) is 6.34. The molecule has 0 heterocycles. The van der Waals surface area contributed by atoms with Crippen LogP contribution in [0.2, 0.25) is 0 Å². The maximum atomic E-state index is 12.3. The second kappa shape index (κ2) is 6.74. The lowest BCUT2D eigenvalue weighted by Gasteiger charge is -2.19. The van der Waals surface area contributed by atoms with Crippen LogP contribution in [0.1, 0.15) is 24.4 Å². The minimum Gasteiger partial charge on any atom is -0.481 e. The van der Waals surface area contributed by atoms with E-state index in [2.05, 4.69) is 15.9 Å². The number of hydrogen-bond donors (Lipinski definition) is 2. The van der Waals surface area contributed by atoms with Gasteiger partial charge in [-0.2, -0.15) is 13.2 Å². The van der Waals surface area contributed by atoms with Crippen molar-refractivity contribution in [1.29, 1.82) is 0 Å². The summed E-state index contributed by atoms with van der Waals surface area (Å²) < 4.78 is 37.5. The van der Waals surface area contributed by atoms with E-state index < -0.39 is 24.1 Å². The number of alkyl halides is 3. The average Bonchev–Trinajstić information content (AvgIpc) is 2.34. The van der Waals surface area contributed by atoms with Crippen LogP contribution in [0.4, 0.5) is 13.2 Å². The number of carbonyl (C=O) groups is 2. The summed E-state index contributed by atoms with van der Waals surface area (Å²) in [7, 11) is 0. The van der Waals surface area contributed by atoms with Gasteiger partial charge in [-0.3, -0.25) is 9.59 Å². The molecule has 0 aliphatic carbocycles. The highest BCUT2D eigenvalue weighted by Gasteiger charge is 2.39. The predicted molar refractivity (Wildman–Crippen MR) is 68.0 cm³/mol. The van der Waals surface area contributed by atoms with Gasteiger partial charge < -0.3 is 10.4 Å². The Kier molecular flexibility index (Phi) is 5.55. The van der Waals surface area contributed by atoms with Crippen molar-refractivity contribution in [3.05, 3.63) is 34.3 Å². The van der Waals surface area contributed by atoms with E-state index >= 15 is 0 Å². The van der Waals surface area contributed by atoms with Gasteiger partial charge in [-0.1, -0.05) is 28.1 Å². The number of carbonyl (C=O) groups excluding carboxylic acids is 1. The normalized spacial score (nSPS) is 12.8. The topological polar surface area (TPSA) is 66.4 Å². The lowest BCUT2D eigenvalue weighted by atomic mass is 10.0. The molecule has 4 nitrogen and oxygen atoms in total. The highest BCUT2D eigenvalue weighted by molar-refractivity contribution is 9.10. The van der Waals surface area contributed by atoms with Crippen LogP contribution in [0.5, 0.6) is 0 Å². The van der Waals surface area contributed by atoms with Gasteiger partial charge >= 0.3 is 18.1 Å². The summed E-state index contributed by atoms with van der Waals surface area (Å²) in [4.78, 5) is 21.5. The van der Waals surface area contributed by atoms with Crippen molar-refractivity contribution in [3.63, 3.8) is 0 Å². The molecule has 20 heavy (non-hydrogen) atoms. The molecule has 0 aliphatic heterocycles. The number of carboxylic acids is 1. The molecule has 1 atom stereocenters. The quantitative estimate of drug-likeness (QED) is 0.854. The fraction of sp³-hybridized carbons (Fsp3) is 0.333. The van der Waals surface area contributed by atoms with Crippen LogP contribution in [0.15, 0.2) is 28.7 Å². The van der Waals surface area contributed by atoms with Gasteiger partial charge in [0.25, 0.3) is 0 Å². The third kappa shape index (κ3) is 5.20. The van der Waals surface area contributed by atoms with Crippen LogP contribution in [0.3, 0.4) is 0 Å². The number of carboxylic acid groups (broad SMARTS) is 1. The van der Waals surface area contributed by atoms with Gasteiger partial charge in [0.2, 0.25) is 0 Å². The van der Waals surface area contributed by atoms with E-state index in [9.17, 15) is 22.8 Å². The lowest BCUT2D eigenvalue weighted by Crippen LogP contribution is -2.39. The van der Waals surface area contributed by atoms with Crippen LogP contribution in [-0.4, -0.2) is 23.2 Å². The van der Waals surface area contributed by atoms with E-state index in [1.54, 1.807) is 17.4 Å². The van der Waals surface area contributed by atoms with Crippen LogP contribution >= 0.6 is 15.9 Å². The number of halogens is 4.